The van der Waals surface area contributed by atoms with Crippen LogP contribution in [0.5, 0.6) is 0 Å². The summed E-state index contributed by atoms with van der Waals surface area (Å²) in [6.07, 6.45) is 9.94. The maximum atomic E-state index is 13.1. The fourth-order valence-electron chi connectivity index (χ4n) is 3.39. The van der Waals surface area contributed by atoms with Crippen molar-refractivity contribution in [3.8, 4) is 22.3 Å². The van der Waals surface area contributed by atoms with Crippen molar-refractivity contribution in [3.05, 3.63) is 82.8 Å². The van der Waals surface area contributed by atoms with Crippen molar-refractivity contribution in [2.75, 3.05) is 0 Å². The van der Waals surface area contributed by atoms with Crippen molar-refractivity contribution in [2.45, 2.75) is 39.0 Å². The molecule has 0 aliphatic rings. The summed E-state index contributed by atoms with van der Waals surface area (Å²) in [7, 11) is 1.98. The second-order valence-electron chi connectivity index (χ2n) is 6.96. The number of benzene rings is 2. The molecule has 0 radical (unpaired) electrons. The van der Waals surface area contributed by atoms with Crippen molar-refractivity contribution >= 4 is 0 Å². The van der Waals surface area contributed by atoms with E-state index in [1.165, 1.54) is 31.2 Å². The molecule has 0 fully saturated rings. The third kappa shape index (κ3) is 4.32. The van der Waals surface area contributed by atoms with Crippen LogP contribution in [0.4, 0.5) is 0 Å². The van der Waals surface area contributed by atoms with Gasteiger partial charge in [-0.2, -0.15) is 0 Å². The first-order valence-electron chi connectivity index (χ1n) is 9.54. The SMILES string of the molecule is CCCCCCc1cccc(-c2cn(C)cc(-c3ccccc3)c2=O)c1. The van der Waals surface area contributed by atoms with Gasteiger partial charge in [0.25, 0.3) is 0 Å². The number of pyridine rings is 1. The molecule has 3 aromatic rings. The molecule has 2 nitrogen and oxygen atoms in total. The maximum absolute atomic E-state index is 13.1. The van der Waals surface area contributed by atoms with Crippen LogP contribution in [0.3, 0.4) is 0 Å². The first kappa shape index (κ1) is 18.2. The Morgan fingerprint density at radius 3 is 2.23 bits per heavy atom. The molecule has 3 rings (SSSR count). The summed E-state index contributed by atoms with van der Waals surface area (Å²) in [4.78, 5) is 13.1. The molecule has 0 atom stereocenters. The lowest BCUT2D eigenvalue weighted by molar-refractivity contribution is 0.667. The topological polar surface area (TPSA) is 22.0 Å². The van der Waals surface area contributed by atoms with Gasteiger partial charge in [0.15, 0.2) is 5.43 Å². The second kappa shape index (κ2) is 8.66. The zero-order valence-electron chi connectivity index (χ0n) is 15.7. The highest BCUT2D eigenvalue weighted by Crippen LogP contribution is 2.22. The molecule has 0 amide bonds. The van der Waals surface area contributed by atoms with Gasteiger partial charge in [0, 0.05) is 30.6 Å². The van der Waals surface area contributed by atoms with E-state index in [1.54, 1.807) is 0 Å². The molecule has 2 aromatic carbocycles. The molecule has 0 saturated heterocycles. The molecule has 0 N–H and O–H groups in total. The van der Waals surface area contributed by atoms with E-state index in [0.717, 1.165) is 28.7 Å². The first-order chi connectivity index (χ1) is 12.7. The van der Waals surface area contributed by atoms with Gasteiger partial charge >= 0.3 is 0 Å². The molecule has 2 heteroatoms. The van der Waals surface area contributed by atoms with Crippen LogP contribution in [0.2, 0.25) is 0 Å². The van der Waals surface area contributed by atoms with Crippen molar-refractivity contribution in [2.24, 2.45) is 7.05 Å². The van der Waals surface area contributed by atoms with Gasteiger partial charge in [-0.1, -0.05) is 80.8 Å². The molecule has 134 valence electrons. The minimum atomic E-state index is 0.0948. The number of aryl methyl sites for hydroxylation is 2. The number of aromatic nitrogens is 1. The molecule has 0 aliphatic carbocycles. The van der Waals surface area contributed by atoms with E-state index >= 15 is 0 Å². The van der Waals surface area contributed by atoms with Gasteiger partial charge in [0.1, 0.15) is 0 Å². The van der Waals surface area contributed by atoms with E-state index in [0.29, 0.717) is 0 Å². The van der Waals surface area contributed by atoms with Crippen LogP contribution in [0, 0.1) is 0 Å². The van der Waals surface area contributed by atoms with Gasteiger partial charge in [0.05, 0.1) is 0 Å². The predicted octanol–water partition coefficient (Wildman–Crippen LogP) is 5.84. The monoisotopic (exact) mass is 345 g/mol. The third-order valence-corrected chi connectivity index (χ3v) is 4.80. The molecule has 0 aliphatic heterocycles. The maximum Gasteiger partial charge on any atom is 0.197 e. The largest absolute Gasteiger partial charge is 0.356 e. The zero-order chi connectivity index (χ0) is 18.4. The minimum Gasteiger partial charge on any atom is -0.356 e. The van der Waals surface area contributed by atoms with E-state index in [9.17, 15) is 4.79 Å². The molecule has 26 heavy (non-hydrogen) atoms. The molecule has 1 aromatic heterocycles. The third-order valence-electron chi connectivity index (χ3n) is 4.80. The van der Waals surface area contributed by atoms with Gasteiger partial charge < -0.3 is 4.57 Å². The Kier molecular flexibility index (Phi) is 6.06. The minimum absolute atomic E-state index is 0.0948. The Morgan fingerprint density at radius 2 is 1.50 bits per heavy atom. The lowest BCUT2D eigenvalue weighted by atomic mass is 9.98. The highest BCUT2D eigenvalue weighted by atomic mass is 16.1. The van der Waals surface area contributed by atoms with Crippen molar-refractivity contribution < 1.29 is 0 Å². The Hall–Kier alpha value is -2.61. The van der Waals surface area contributed by atoms with Crippen LogP contribution >= 0.6 is 0 Å². The Morgan fingerprint density at radius 1 is 0.808 bits per heavy atom. The average Bonchev–Trinajstić information content (AvgIpc) is 2.68. The van der Waals surface area contributed by atoms with Gasteiger partial charge in [-0.15, -0.1) is 0 Å². The van der Waals surface area contributed by atoms with Crippen molar-refractivity contribution in [3.63, 3.8) is 0 Å². The summed E-state index contributed by atoms with van der Waals surface area (Å²) < 4.78 is 1.98. The Bertz CT molecular complexity index is 909. The fourth-order valence-corrected chi connectivity index (χ4v) is 3.39. The predicted molar refractivity (Wildman–Crippen MR) is 110 cm³/mol. The van der Waals surface area contributed by atoms with Gasteiger partial charge in [0.2, 0.25) is 0 Å². The lowest BCUT2D eigenvalue weighted by Gasteiger charge is -2.10. The van der Waals surface area contributed by atoms with E-state index in [1.807, 2.05) is 60.4 Å². The Balaban J connectivity index is 1.95. The summed E-state index contributed by atoms with van der Waals surface area (Å²) in [5, 5.41) is 0. The van der Waals surface area contributed by atoms with Gasteiger partial charge in [-0.25, -0.2) is 0 Å². The van der Waals surface area contributed by atoms with Crippen LogP contribution < -0.4 is 5.43 Å². The normalized spacial score (nSPS) is 10.8. The van der Waals surface area contributed by atoms with Crippen LogP contribution in [-0.2, 0) is 13.5 Å². The van der Waals surface area contributed by atoms with Gasteiger partial charge in [-0.3, -0.25) is 4.79 Å². The molecular formula is C24H27NO. The van der Waals surface area contributed by atoms with E-state index in [2.05, 4.69) is 25.1 Å². The number of hydrogen-bond donors (Lipinski definition) is 0. The summed E-state index contributed by atoms with van der Waals surface area (Å²) in [6.45, 7) is 2.23. The summed E-state index contributed by atoms with van der Waals surface area (Å²) >= 11 is 0. The number of rotatable bonds is 7. The number of hydrogen-bond acceptors (Lipinski definition) is 1. The van der Waals surface area contributed by atoms with Crippen LogP contribution in [0.1, 0.15) is 38.2 Å². The van der Waals surface area contributed by atoms with Gasteiger partial charge in [-0.05, 0) is 29.5 Å². The molecule has 0 bridgehead atoms. The van der Waals surface area contributed by atoms with Crippen molar-refractivity contribution in [1.82, 2.24) is 4.57 Å². The summed E-state index contributed by atoms with van der Waals surface area (Å²) in [5.41, 5.74) is 4.90. The van der Waals surface area contributed by atoms with E-state index in [-0.39, 0.29) is 5.43 Å². The highest BCUT2D eigenvalue weighted by Gasteiger charge is 2.11. The second-order valence-corrected chi connectivity index (χ2v) is 6.96. The van der Waals surface area contributed by atoms with Crippen LogP contribution in [0.15, 0.2) is 71.8 Å². The molecule has 1 heterocycles. The van der Waals surface area contributed by atoms with Crippen LogP contribution in [-0.4, -0.2) is 4.57 Å². The highest BCUT2D eigenvalue weighted by molar-refractivity contribution is 5.72. The zero-order valence-corrected chi connectivity index (χ0v) is 15.7. The summed E-state index contributed by atoms with van der Waals surface area (Å²) in [6, 6.07) is 18.4. The number of nitrogens with zero attached hydrogens (tertiary/aromatic N) is 1. The van der Waals surface area contributed by atoms with Crippen molar-refractivity contribution in [1.29, 1.82) is 0 Å². The number of unbranched alkanes of at least 4 members (excludes halogenated alkanes) is 3. The summed E-state index contributed by atoms with van der Waals surface area (Å²) in [5.74, 6) is 0. The lowest BCUT2D eigenvalue weighted by Crippen LogP contribution is -2.11. The Labute approximate surface area is 156 Å². The molecule has 0 saturated carbocycles. The van der Waals surface area contributed by atoms with E-state index < -0.39 is 0 Å². The molecular weight excluding hydrogens is 318 g/mol. The quantitative estimate of drug-likeness (QED) is 0.493. The first-order valence-corrected chi connectivity index (χ1v) is 9.54. The standard InChI is InChI=1S/C24H27NO/c1-3-4-5-7-11-19-12-10-15-21(16-19)23-18-25(2)17-22(24(23)26)20-13-8-6-9-14-20/h6,8-10,12-18H,3-5,7,11H2,1-2H3. The smallest absolute Gasteiger partial charge is 0.197 e. The molecule has 0 unspecified atom stereocenters. The fraction of sp³-hybridized carbons (Fsp3) is 0.292. The van der Waals surface area contributed by atoms with Crippen LogP contribution in [0.25, 0.3) is 22.3 Å². The molecule has 0 spiro atoms. The van der Waals surface area contributed by atoms with E-state index in [4.69, 9.17) is 0 Å². The average molecular weight is 345 g/mol.